The minimum atomic E-state index is -0.634. The summed E-state index contributed by atoms with van der Waals surface area (Å²) in [6, 6.07) is 8.41. The number of benzene rings is 1. The van der Waals surface area contributed by atoms with Crippen molar-refractivity contribution in [2.75, 3.05) is 5.32 Å². The number of piperidine rings is 1. The predicted octanol–water partition coefficient (Wildman–Crippen LogP) is 3.47. The number of pyridine rings is 1. The molecule has 0 bridgehead atoms. The SMILES string of the molecule is CC(=O)c1nn(CC(=O)N2[C@H](C(=O)Nc3nc(Br)ccc3C)C[C@@]3(C)C[C@@H]23)c2ccc(-c3cnc(=O)[nH]c3)cc12. The van der Waals surface area contributed by atoms with E-state index in [0.717, 1.165) is 17.5 Å². The molecule has 11 nitrogen and oxygen atoms in total. The topological polar surface area (TPSA) is 143 Å². The van der Waals surface area contributed by atoms with Crippen molar-refractivity contribution < 1.29 is 14.4 Å². The van der Waals surface area contributed by atoms with E-state index in [4.69, 9.17) is 0 Å². The molecule has 4 heterocycles. The number of carbonyl (C=O) groups is 3. The zero-order valence-corrected chi connectivity index (χ0v) is 23.7. The molecule has 12 heteroatoms. The Balaban J connectivity index is 1.29. The Morgan fingerprint density at radius 2 is 1.98 bits per heavy atom. The van der Waals surface area contributed by atoms with Crippen LogP contribution in [0.1, 0.15) is 42.7 Å². The van der Waals surface area contributed by atoms with E-state index in [0.29, 0.717) is 33.3 Å². The van der Waals surface area contributed by atoms with E-state index in [1.54, 1.807) is 29.3 Å². The molecule has 40 heavy (non-hydrogen) atoms. The molecular formula is C28H26BrN7O4. The summed E-state index contributed by atoms with van der Waals surface area (Å²) in [4.78, 5) is 63.4. The van der Waals surface area contributed by atoms with Crippen LogP contribution in [0.25, 0.3) is 22.0 Å². The summed E-state index contributed by atoms with van der Waals surface area (Å²) in [5, 5.41) is 7.99. The molecule has 3 atom stereocenters. The number of hydrogen-bond acceptors (Lipinski definition) is 7. The molecule has 0 radical (unpaired) electrons. The van der Waals surface area contributed by atoms with Crippen LogP contribution >= 0.6 is 15.9 Å². The number of likely N-dealkylation sites (tertiary alicyclic amines) is 1. The van der Waals surface area contributed by atoms with Gasteiger partial charge in [-0.15, -0.1) is 0 Å². The summed E-state index contributed by atoms with van der Waals surface area (Å²) in [6.07, 6.45) is 4.41. The number of aromatic nitrogens is 5. The maximum Gasteiger partial charge on any atom is 0.344 e. The van der Waals surface area contributed by atoms with Gasteiger partial charge in [0.2, 0.25) is 11.8 Å². The second-order valence-electron chi connectivity index (χ2n) is 10.8. The number of anilines is 1. The summed E-state index contributed by atoms with van der Waals surface area (Å²) in [6.45, 7) is 5.27. The molecule has 0 spiro atoms. The van der Waals surface area contributed by atoms with Crippen LogP contribution in [0.2, 0.25) is 0 Å². The van der Waals surface area contributed by atoms with Crippen molar-refractivity contribution in [3.63, 3.8) is 0 Å². The Labute approximate surface area is 237 Å². The number of Topliss-reactive ketones (excluding diaryl/α,β-unsaturated/α-hetero) is 1. The molecule has 0 unspecified atom stereocenters. The molecule has 204 valence electrons. The molecule has 2 amide bonds. The number of hydrogen-bond donors (Lipinski definition) is 2. The van der Waals surface area contributed by atoms with Crippen LogP contribution in [0.4, 0.5) is 5.82 Å². The highest BCUT2D eigenvalue weighted by atomic mass is 79.9. The fourth-order valence-corrected chi connectivity index (χ4v) is 5.95. The number of carbonyl (C=O) groups excluding carboxylic acids is 3. The van der Waals surface area contributed by atoms with Crippen LogP contribution in [0.5, 0.6) is 0 Å². The second-order valence-corrected chi connectivity index (χ2v) is 11.6. The van der Waals surface area contributed by atoms with Gasteiger partial charge >= 0.3 is 5.69 Å². The molecule has 1 aliphatic heterocycles. The van der Waals surface area contributed by atoms with Crippen molar-refractivity contribution in [1.29, 1.82) is 0 Å². The minimum Gasteiger partial charge on any atom is -0.325 e. The van der Waals surface area contributed by atoms with Gasteiger partial charge in [0.25, 0.3) is 0 Å². The third-order valence-corrected chi connectivity index (χ3v) is 8.35. The van der Waals surface area contributed by atoms with Crippen LogP contribution in [-0.2, 0) is 16.1 Å². The van der Waals surface area contributed by atoms with Crippen molar-refractivity contribution in [1.82, 2.24) is 29.6 Å². The summed E-state index contributed by atoms with van der Waals surface area (Å²) < 4.78 is 2.13. The Kier molecular flexibility index (Phi) is 6.17. The van der Waals surface area contributed by atoms with E-state index in [1.807, 2.05) is 19.1 Å². The fraction of sp³-hybridized carbons (Fsp3) is 0.321. The van der Waals surface area contributed by atoms with Gasteiger partial charge in [-0.3, -0.25) is 19.1 Å². The van der Waals surface area contributed by atoms with Gasteiger partial charge in [0.1, 0.15) is 28.7 Å². The van der Waals surface area contributed by atoms with Crippen LogP contribution in [0.3, 0.4) is 0 Å². The van der Waals surface area contributed by atoms with Crippen molar-refractivity contribution in [2.24, 2.45) is 5.41 Å². The lowest BCUT2D eigenvalue weighted by Gasteiger charge is -2.27. The number of aryl methyl sites for hydroxylation is 1. The highest BCUT2D eigenvalue weighted by Gasteiger charge is 2.64. The van der Waals surface area contributed by atoms with E-state index in [2.05, 4.69) is 48.2 Å². The number of aromatic amines is 1. The first-order valence-electron chi connectivity index (χ1n) is 12.9. The van der Waals surface area contributed by atoms with Gasteiger partial charge in [-0.05, 0) is 70.4 Å². The van der Waals surface area contributed by atoms with Crippen molar-refractivity contribution in [3.8, 4) is 11.1 Å². The van der Waals surface area contributed by atoms with Gasteiger partial charge in [-0.25, -0.2) is 14.8 Å². The first-order valence-corrected chi connectivity index (χ1v) is 13.7. The third-order valence-electron chi connectivity index (χ3n) is 7.90. The van der Waals surface area contributed by atoms with Crippen LogP contribution in [0, 0.1) is 12.3 Å². The van der Waals surface area contributed by atoms with Crippen LogP contribution in [0.15, 0.2) is 52.1 Å². The van der Waals surface area contributed by atoms with Crippen molar-refractivity contribution in [2.45, 2.75) is 52.2 Å². The Bertz CT molecular complexity index is 1760. The number of rotatable bonds is 6. The fourth-order valence-electron chi connectivity index (χ4n) is 5.64. The number of nitrogens with one attached hydrogen (secondary N) is 2. The molecule has 2 fully saturated rings. The Morgan fingerprint density at radius 3 is 2.70 bits per heavy atom. The van der Waals surface area contributed by atoms with Crippen LogP contribution in [-0.4, -0.2) is 59.3 Å². The molecular weight excluding hydrogens is 578 g/mol. The first-order chi connectivity index (χ1) is 19.0. The number of nitrogens with zero attached hydrogens (tertiary/aromatic N) is 5. The molecule has 2 aliphatic rings. The molecule has 3 aromatic heterocycles. The van der Waals surface area contributed by atoms with E-state index >= 15 is 0 Å². The second kappa shape index (κ2) is 9.47. The number of fused-ring (bicyclic) bond motifs is 2. The van der Waals surface area contributed by atoms with Gasteiger partial charge in [-0.1, -0.05) is 19.1 Å². The quantitative estimate of drug-likeness (QED) is 0.254. The monoisotopic (exact) mass is 603 g/mol. The molecule has 1 aliphatic carbocycles. The van der Waals surface area contributed by atoms with Crippen molar-refractivity contribution in [3.05, 3.63) is 69.1 Å². The van der Waals surface area contributed by atoms with Crippen molar-refractivity contribution >= 4 is 50.2 Å². The Hall–Kier alpha value is -4.19. The number of amides is 2. The largest absolute Gasteiger partial charge is 0.344 e. The van der Waals surface area contributed by atoms with Gasteiger partial charge in [-0.2, -0.15) is 5.10 Å². The Morgan fingerprint density at radius 1 is 1.18 bits per heavy atom. The average molecular weight is 604 g/mol. The van der Waals surface area contributed by atoms with E-state index in [1.165, 1.54) is 17.8 Å². The van der Waals surface area contributed by atoms with Gasteiger partial charge < -0.3 is 15.2 Å². The standard InChI is InChI=1S/C28H26BrN7O4/c1-14-4-7-22(29)32-25(14)33-26(39)20-9-28(3)10-21(28)36(20)23(38)13-35-19-6-5-16(17-11-30-27(40)31-12-17)8-18(19)24(34-35)15(2)37/h4-8,11-12,20-21H,9-10,13H2,1-3H3,(H,30,31,40)(H,32,33,39)/t20-,21+,28-/m0/s1. The zero-order valence-electron chi connectivity index (χ0n) is 22.1. The highest BCUT2D eigenvalue weighted by Crippen LogP contribution is 2.59. The lowest BCUT2D eigenvalue weighted by atomic mass is 10.0. The average Bonchev–Trinajstić information content (AvgIpc) is 3.28. The van der Waals surface area contributed by atoms with E-state index in [-0.39, 0.29) is 41.3 Å². The van der Waals surface area contributed by atoms with E-state index in [9.17, 15) is 19.2 Å². The lowest BCUT2D eigenvalue weighted by Crippen LogP contribution is -2.47. The van der Waals surface area contributed by atoms with E-state index < -0.39 is 11.7 Å². The molecule has 1 saturated heterocycles. The third kappa shape index (κ3) is 4.51. The maximum absolute atomic E-state index is 13.8. The summed E-state index contributed by atoms with van der Waals surface area (Å²) in [5.41, 5.74) is 2.54. The number of H-pyrrole nitrogens is 1. The van der Waals surface area contributed by atoms with Gasteiger partial charge in [0.05, 0.1) is 5.52 Å². The smallest absolute Gasteiger partial charge is 0.325 e. The molecule has 1 aromatic carbocycles. The molecule has 2 N–H and O–H groups in total. The van der Waals surface area contributed by atoms with Gasteiger partial charge in [0, 0.05) is 36.3 Å². The van der Waals surface area contributed by atoms with Gasteiger partial charge in [0.15, 0.2) is 5.78 Å². The maximum atomic E-state index is 13.8. The number of halogens is 1. The zero-order chi connectivity index (χ0) is 28.3. The molecule has 4 aromatic rings. The number of ketones is 1. The van der Waals surface area contributed by atoms with Crippen LogP contribution < -0.4 is 11.0 Å². The summed E-state index contributed by atoms with van der Waals surface area (Å²) in [7, 11) is 0. The highest BCUT2D eigenvalue weighted by molar-refractivity contribution is 9.10. The predicted molar refractivity (Wildman–Crippen MR) is 151 cm³/mol. The summed E-state index contributed by atoms with van der Waals surface area (Å²) >= 11 is 3.34. The molecule has 6 rings (SSSR count). The minimum absolute atomic E-state index is 0.0271. The normalized spacial score (nSPS) is 21.4. The lowest BCUT2D eigenvalue weighted by molar-refractivity contribution is -0.138. The first kappa shape index (κ1) is 26.1. The summed E-state index contributed by atoms with van der Waals surface area (Å²) in [5.74, 6) is -0.295. The molecule has 1 saturated carbocycles.